The molecule has 0 radical (unpaired) electrons. The lowest BCUT2D eigenvalue weighted by atomic mass is 10.1. The van der Waals surface area contributed by atoms with Crippen LogP contribution in [-0.2, 0) is 9.59 Å². The molecule has 0 heterocycles. The van der Waals surface area contributed by atoms with Crippen LogP contribution in [0.15, 0.2) is 60.7 Å². The Labute approximate surface area is 167 Å². The summed E-state index contributed by atoms with van der Waals surface area (Å²) in [5.74, 6) is -1.67. The molecular weight excluding hydrogens is 356 g/mol. The van der Waals surface area contributed by atoms with Crippen LogP contribution in [0.2, 0.25) is 0 Å². The zero-order valence-electron chi connectivity index (χ0n) is 17.1. The first kappa shape index (κ1) is 25.3. The van der Waals surface area contributed by atoms with Crippen LogP contribution in [-0.4, -0.2) is 35.2 Å². The number of rotatable bonds is 7. The number of carboxylic acids is 2. The second-order valence-corrected chi connectivity index (χ2v) is 6.21. The van der Waals surface area contributed by atoms with Crippen LogP contribution in [0.5, 0.6) is 0 Å². The lowest BCUT2D eigenvalue weighted by Crippen LogP contribution is -2.30. The molecule has 2 aromatic rings. The average molecular weight is 389 g/mol. The predicted molar refractivity (Wildman–Crippen MR) is 112 cm³/mol. The van der Waals surface area contributed by atoms with Crippen LogP contribution in [0.3, 0.4) is 0 Å². The molecule has 0 aromatic heterocycles. The van der Waals surface area contributed by atoms with Crippen molar-refractivity contribution in [3.8, 4) is 0 Å². The van der Waals surface area contributed by atoms with Crippen molar-refractivity contribution in [1.82, 2.24) is 10.6 Å². The number of carboxylic acid groups (broad SMARTS) is 2. The maximum atomic E-state index is 9.00. The number of nitrogens with one attached hydrogen (secondary N) is 2. The second kappa shape index (κ2) is 15.4. The van der Waals surface area contributed by atoms with Crippen LogP contribution in [0.4, 0.5) is 0 Å². The van der Waals surface area contributed by atoms with Crippen molar-refractivity contribution in [2.24, 2.45) is 0 Å². The molecule has 2 atom stereocenters. The lowest BCUT2D eigenvalue weighted by molar-refractivity contribution is -0.135. The van der Waals surface area contributed by atoms with Gasteiger partial charge in [0.2, 0.25) is 0 Å². The lowest BCUT2D eigenvalue weighted by Gasteiger charge is -2.17. The van der Waals surface area contributed by atoms with Gasteiger partial charge < -0.3 is 20.8 Å². The molecule has 2 aromatic carbocycles. The van der Waals surface area contributed by atoms with E-state index in [1.165, 1.54) is 11.1 Å². The van der Waals surface area contributed by atoms with Crippen molar-refractivity contribution in [1.29, 1.82) is 0 Å². The van der Waals surface area contributed by atoms with Crippen molar-refractivity contribution in [2.45, 2.75) is 39.8 Å². The molecular formula is C22H32N2O4. The highest BCUT2D eigenvalue weighted by Crippen LogP contribution is 2.11. The van der Waals surface area contributed by atoms with Gasteiger partial charge in [0.05, 0.1) is 0 Å². The van der Waals surface area contributed by atoms with Crippen LogP contribution in [0.1, 0.15) is 50.9 Å². The normalized spacial score (nSPS) is 11.7. The zero-order valence-corrected chi connectivity index (χ0v) is 17.1. The molecule has 154 valence electrons. The minimum atomic E-state index is -0.833. The molecule has 0 saturated carbocycles. The molecule has 0 aliphatic carbocycles. The summed E-state index contributed by atoms with van der Waals surface area (Å²) in [5.41, 5.74) is 2.67. The number of hydrogen-bond acceptors (Lipinski definition) is 4. The largest absolute Gasteiger partial charge is 0.481 e. The first-order valence-corrected chi connectivity index (χ1v) is 9.19. The summed E-state index contributed by atoms with van der Waals surface area (Å²) in [7, 11) is 0. The fourth-order valence-corrected chi connectivity index (χ4v) is 2.30. The third-order valence-corrected chi connectivity index (χ3v) is 3.63. The molecule has 2 unspecified atom stereocenters. The highest BCUT2D eigenvalue weighted by atomic mass is 16.4. The third kappa shape index (κ3) is 14.5. The first-order chi connectivity index (χ1) is 13.2. The SMILES string of the molecule is CC(=O)O.CC(=O)O.CC(NCCNC(C)c1ccccc1)c1ccccc1. The summed E-state index contributed by atoms with van der Waals surface area (Å²) in [6.45, 7) is 8.51. The summed E-state index contributed by atoms with van der Waals surface area (Å²) in [6.07, 6.45) is 0. The summed E-state index contributed by atoms with van der Waals surface area (Å²) < 4.78 is 0. The maximum Gasteiger partial charge on any atom is 0.300 e. The van der Waals surface area contributed by atoms with E-state index >= 15 is 0 Å². The Balaban J connectivity index is 0.000000776. The van der Waals surface area contributed by atoms with Gasteiger partial charge in [0.15, 0.2) is 0 Å². The van der Waals surface area contributed by atoms with E-state index in [4.69, 9.17) is 19.8 Å². The molecule has 6 heteroatoms. The Morgan fingerprint density at radius 1 is 0.714 bits per heavy atom. The summed E-state index contributed by atoms with van der Waals surface area (Å²) >= 11 is 0. The van der Waals surface area contributed by atoms with E-state index in [-0.39, 0.29) is 0 Å². The Morgan fingerprint density at radius 3 is 1.21 bits per heavy atom. The van der Waals surface area contributed by atoms with E-state index in [0.29, 0.717) is 12.1 Å². The van der Waals surface area contributed by atoms with Gasteiger partial charge in [-0.1, -0.05) is 60.7 Å². The van der Waals surface area contributed by atoms with E-state index in [9.17, 15) is 0 Å². The van der Waals surface area contributed by atoms with Gasteiger partial charge in [-0.3, -0.25) is 9.59 Å². The molecule has 4 N–H and O–H groups in total. The van der Waals surface area contributed by atoms with Gasteiger partial charge in [-0.25, -0.2) is 0 Å². The molecule has 0 aliphatic rings. The summed E-state index contributed by atoms with van der Waals surface area (Å²) in [6, 6.07) is 21.9. The van der Waals surface area contributed by atoms with Crippen LogP contribution in [0.25, 0.3) is 0 Å². The van der Waals surface area contributed by atoms with Crippen molar-refractivity contribution >= 4 is 11.9 Å². The summed E-state index contributed by atoms with van der Waals surface area (Å²) in [5, 5.41) is 21.9. The third-order valence-electron chi connectivity index (χ3n) is 3.63. The molecule has 0 fully saturated rings. The van der Waals surface area contributed by atoms with Gasteiger partial charge in [0, 0.05) is 39.0 Å². The Hall–Kier alpha value is -2.70. The Morgan fingerprint density at radius 2 is 0.964 bits per heavy atom. The van der Waals surface area contributed by atoms with E-state index < -0.39 is 11.9 Å². The smallest absolute Gasteiger partial charge is 0.300 e. The number of hydrogen-bond donors (Lipinski definition) is 4. The predicted octanol–water partition coefficient (Wildman–Crippen LogP) is 3.87. The Bertz CT molecular complexity index is 595. The van der Waals surface area contributed by atoms with Gasteiger partial charge in [0.1, 0.15) is 0 Å². The van der Waals surface area contributed by atoms with Crippen LogP contribution < -0.4 is 10.6 Å². The molecule has 2 rings (SSSR count). The van der Waals surface area contributed by atoms with Gasteiger partial charge >= 0.3 is 0 Å². The van der Waals surface area contributed by atoms with Gasteiger partial charge in [-0.15, -0.1) is 0 Å². The highest BCUT2D eigenvalue weighted by Gasteiger charge is 2.05. The molecule has 28 heavy (non-hydrogen) atoms. The average Bonchev–Trinajstić information content (AvgIpc) is 2.65. The van der Waals surface area contributed by atoms with Crippen molar-refractivity contribution < 1.29 is 19.8 Å². The number of benzene rings is 2. The minimum Gasteiger partial charge on any atom is -0.481 e. The van der Waals surface area contributed by atoms with Crippen LogP contribution >= 0.6 is 0 Å². The van der Waals surface area contributed by atoms with E-state index in [2.05, 4.69) is 85.1 Å². The fraction of sp³-hybridized carbons (Fsp3) is 0.364. The molecule has 0 amide bonds. The van der Waals surface area contributed by atoms with Crippen molar-refractivity contribution in [2.75, 3.05) is 13.1 Å². The van der Waals surface area contributed by atoms with E-state index in [0.717, 1.165) is 26.9 Å². The monoisotopic (exact) mass is 388 g/mol. The first-order valence-electron chi connectivity index (χ1n) is 9.19. The second-order valence-electron chi connectivity index (χ2n) is 6.21. The highest BCUT2D eigenvalue weighted by molar-refractivity contribution is 5.63. The van der Waals surface area contributed by atoms with E-state index in [1.807, 2.05) is 0 Å². The fourth-order valence-electron chi connectivity index (χ4n) is 2.30. The Kier molecular flexibility index (Phi) is 13.9. The minimum absolute atomic E-state index is 0.394. The van der Waals surface area contributed by atoms with Gasteiger partial charge in [-0.2, -0.15) is 0 Å². The summed E-state index contributed by atoms with van der Waals surface area (Å²) in [4.78, 5) is 18.0. The standard InChI is InChI=1S/C18H24N2.2C2H4O2/c1-15(17-9-5-3-6-10-17)19-13-14-20-16(2)18-11-7-4-8-12-18;2*1-2(3)4/h3-12,15-16,19-20H,13-14H2,1-2H3;2*1H3,(H,3,4). The number of aliphatic carboxylic acids is 2. The molecule has 0 aliphatic heterocycles. The topological polar surface area (TPSA) is 98.7 Å². The van der Waals surface area contributed by atoms with Gasteiger partial charge in [-0.05, 0) is 25.0 Å². The molecule has 0 saturated heterocycles. The van der Waals surface area contributed by atoms with Crippen molar-refractivity contribution in [3.05, 3.63) is 71.8 Å². The number of carbonyl (C=O) groups is 2. The van der Waals surface area contributed by atoms with Gasteiger partial charge in [0.25, 0.3) is 11.9 Å². The zero-order chi connectivity index (χ0) is 21.4. The maximum absolute atomic E-state index is 9.00. The molecule has 0 bridgehead atoms. The van der Waals surface area contributed by atoms with Crippen LogP contribution in [0, 0.1) is 0 Å². The molecule has 6 nitrogen and oxygen atoms in total. The van der Waals surface area contributed by atoms with Crippen molar-refractivity contribution in [3.63, 3.8) is 0 Å². The quantitative estimate of drug-likeness (QED) is 0.538. The van der Waals surface area contributed by atoms with E-state index in [1.54, 1.807) is 0 Å². The molecule has 0 spiro atoms.